The van der Waals surface area contributed by atoms with E-state index in [2.05, 4.69) is 0 Å². The number of rotatable bonds is 3. The molecule has 20 heavy (non-hydrogen) atoms. The second-order valence-corrected chi connectivity index (χ2v) is 5.09. The minimum Gasteiger partial charge on any atom is -0.481 e. The van der Waals surface area contributed by atoms with Crippen molar-refractivity contribution in [2.45, 2.75) is 6.92 Å². The number of allylic oxidation sites excluding steroid dienone is 2. The van der Waals surface area contributed by atoms with E-state index in [9.17, 15) is 13.2 Å². The van der Waals surface area contributed by atoms with Crippen molar-refractivity contribution in [3.05, 3.63) is 53.8 Å². The van der Waals surface area contributed by atoms with Gasteiger partial charge < -0.3 is 9.84 Å². The van der Waals surface area contributed by atoms with E-state index in [0.717, 1.165) is 0 Å². The SMILES string of the molecule is CC1=C(Oc2ccccc2)C=CC(C(=O)O)C1=S(=O)=O. The second-order valence-electron chi connectivity index (χ2n) is 4.18. The largest absolute Gasteiger partial charge is 0.481 e. The predicted octanol–water partition coefficient (Wildman–Crippen LogP) is 1.66. The van der Waals surface area contributed by atoms with Gasteiger partial charge in [-0.05, 0) is 25.1 Å². The molecule has 104 valence electrons. The topological polar surface area (TPSA) is 80.7 Å². The molecule has 5 nitrogen and oxygen atoms in total. The molecule has 1 aliphatic rings. The Morgan fingerprint density at radius 2 is 1.90 bits per heavy atom. The zero-order chi connectivity index (χ0) is 14.7. The Morgan fingerprint density at radius 1 is 1.25 bits per heavy atom. The molecule has 0 heterocycles. The highest BCUT2D eigenvalue weighted by molar-refractivity contribution is 7.73. The molecule has 0 fully saturated rings. The molecule has 0 saturated carbocycles. The molecule has 1 aromatic carbocycles. The van der Waals surface area contributed by atoms with Crippen LogP contribution < -0.4 is 4.74 Å². The Labute approximate surface area is 117 Å². The molecular formula is C14H12O5S. The highest BCUT2D eigenvalue weighted by Gasteiger charge is 2.29. The third-order valence-corrected chi connectivity index (χ3v) is 3.80. The number of hydrogen-bond acceptors (Lipinski definition) is 4. The Bertz CT molecular complexity index is 718. The fraction of sp³-hybridized carbons (Fsp3) is 0.143. The van der Waals surface area contributed by atoms with Gasteiger partial charge in [-0.3, -0.25) is 4.79 Å². The van der Waals surface area contributed by atoms with Gasteiger partial charge in [0.1, 0.15) is 17.4 Å². The average molecular weight is 292 g/mol. The molecule has 6 heteroatoms. The van der Waals surface area contributed by atoms with Gasteiger partial charge in [0, 0.05) is 5.57 Å². The number of carboxylic acids is 1. The monoisotopic (exact) mass is 292 g/mol. The number of aliphatic carboxylic acids is 1. The molecular weight excluding hydrogens is 280 g/mol. The van der Waals surface area contributed by atoms with Crippen LogP contribution in [-0.4, -0.2) is 24.4 Å². The molecule has 0 amide bonds. The van der Waals surface area contributed by atoms with Crippen LogP contribution in [-0.2, 0) is 15.1 Å². The summed E-state index contributed by atoms with van der Waals surface area (Å²) in [7, 11) is -2.61. The van der Waals surface area contributed by atoms with E-state index in [-0.39, 0.29) is 4.86 Å². The summed E-state index contributed by atoms with van der Waals surface area (Å²) in [4.78, 5) is 10.9. The van der Waals surface area contributed by atoms with Gasteiger partial charge >= 0.3 is 5.97 Å². The van der Waals surface area contributed by atoms with Crippen LogP contribution in [0.2, 0.25) is 0 Å². The lowest BCUT2D eigenvalue weighted by Gasteiger charge is -2.18. The van der Waals surface area contributed by atoms with Gasteiger partial charge in [0.15, 0.2) is 0 Å². The maximum atomic E-state index is 11.3. The van der Waals surface area contributed by atoms with E-state index in [4.69, 9.17) is 9.84 Å². The summed E-state index contributed by atoms with van der Waals surface area (Å²) in [5.74, 6) is -1.50. The number of carbonyl (C=O) groups is 1. The maximum absolute atomic E-state index is 11.3. The summed E-state index contributed by atoms with van der Waals surface area (Å²) < 4.78 is 28.1. The smallest absolute Gasteiger partial charge is 0.315 e. The standard InChI is InChI=1S/C14H12O5S/c1-9-12(19-10-5-3-2-4-6-10)8-7-11(14(15)16)13(9)20(17)18/h2-8,11H,1H3,(H,15,16). The number of para-hydroxylation sites is 1. The Balaban J connectivity index is 2.43. The van der Waals surface area contributed by atoms with Crippen LogP contribution in [0, 0.1) is 5.92 Å². The lowest BCUT2D eigenvalue weighted by molar-refractivity contribution is -0.138. The summed E-state index contributed by atoms with van der Waals surface area (Å²) in [5.41, 5.74) is 0.303. The third kappa shape index (κ3) is 2.80. The molecule has 1 atom stereocenters. The summed E-state index contributed by atoms with van der Waals surface area (Å²) in [6.07, 6.45) is 2.79. The van der Waals surface area contributed by atoms with E-state index in [1.54, 1.807) is 24.3 Å². The van der Waals surface area contributed by atoms with Crippen molar-refractivity contribution in [2.75, 3.05) is 0 Å². The fourth-order valence-corrected chi connectivity index (χ4v) is 2.64. The Kier molecular flexibility index (Phi) is 4.05. The average Bonchev–Trinajstić information content (AvgIpc) is 2.41. The highest BCUT2D eigenvalue weighted by atomic mass is 32.2. The van der Waals surface area contributed by atoms with Crippen molar-refractivity contribution < 1.29 is 23.1 Å². The van der Waals surface area contributed by atoms with E-state index in [1.165, 1.54) is 19.1 Å². The van der Waals surface area contributed by atoms with Crippen molar-refractivity contribution in [2.24, 2.45) is 5.92 Å². The van der Waals surface area contributed by atoms with Gasteiger partial charge in [-0.1, -0.05) is 24.3 Å². The predicted molar refractivity (Wildman–Crippen MR) is 74.0 cm³/mol. The van der Waals surface area contributed by atoms with E-state index >= 15 is 0 Å². The van der Waals surface area contributed by atoms with E-state index in [0.29, 0.717) is 17.1 Å². The van der Waals surface area contributed by atoms with E-state index in [1.807, 2.05) is 6.07 Å². The minimum absolute atomic E-state index is 0.175. The van der Waals surface area contributed by atoms with Crippen LogP contribution in [0.4, 0.5) is 0 Å². The first-order valence-electron chi connectivity index (χ1n) is 5.82. The van der Waals surface area contributed by atoms with Gasteiger partial charge in [0.2, 0.25) is 10.3 Å². The first-order valence-corrected chi connectivity index (χ1v) is 6.89. The third-order valence-electron chi connectivity index (χ3n) is 2.88. The van der Waals surface area contributed by atoms with Crippen molar-refractivity contribution in [3.63, 3.8) is 0 Å². The van der Waals surface area contributed by atoms with Crippen molar-refractivity contribution in [1.82, 2.24) is 0 Å². The molecule has 1 aromatic rings. The zero-order valence-corrected chi connectivity index (χ0v) is 11.4. The lowest BCUT2D eigenvalue weighted by Crippen LogP contribution is -2.27. The van der Waals surface area contributed by atoms with Gasteiger partial charge in [-0.15, -0.1) is 0 Å². The molecule has 0 aliphatic heterocycles. The first-order chi connectivity index (χ1) is 9.50. The summed E-state index contributed by atoms with van der Waals surface area (Å²) in [6.45, 7) is 1.53. The minimum atomic E-state index is -2.61. The molecule has 0 saturated heterocycles. The van der Waals surface area contributed by atoms with Crippen LogP contribution >= 0.6 is 0 Å². The van der Waals surface area contributed by atoms with Crippen LogP contribution in [0.15, 0.2) is 53.8 Å². The molecule has 1 N–H and O–H groups in total. The van der Waals surface area contributed by atoms with Gasteiger partial charge in [0.05, 0.1) is 4.86 Å². The van der Waals surface area contributed by atoms with E-state index < -0.39 is 22.2 Å². The van der Waals surface area contributed by atoms with Crippen molar-refractivity contribution in [3.8, 4) is 5.75 Å². The van der Waals surface area contributed by atoms with Crippen molar-refractivity contribution >= 4 is 21.1 Å². The molecule has 0 radical (unpaired) electrons. The molecule has 1 unspecified atom stereocenters. The van der Waals surface area contributed by atoms with Crippen molar-refractivity contribution in [1.29, 1.82) is 0 Å². The number of hydrogen-bond donors (Lipinski definition) is 1. The molecule has 0 aromatic heterocycles. The molecule has 2 rings (SSSR count). The van der Waals surface area contributed by atoms with Crippen LogP contribution in [0.3, 0.4) is 0 Å². The highest BCUT2D eigenvalue weighted by Crippen LogP contribution is 2.24. The Hall–Kier alpha value is -2.34. The molecule has 0 bridgehead atoms. The molecule has 0 spiro atoms. The van der Waals surface area contributed by atoms with Crippen LogP contribution in [0.25, 0.3) is 0 Å². The maximum Gasteiger partial charge on any atom is 0.315 e. The second kappa shape index (κ2) is 5.75. The number of benzene rings is 1. The quantitative estimate of drug-likeness (QED) is 0.857. The van der Waals surface area contributed by atoms with Gasteiger partial charge in [-0.2, -0.15) is 8.42 Å². The van der Waals surface area contributed by atoms with Crippen LogP contribution in [0.1, 0.15) is 6.92 Å². The van der Waals surface area contributed by atoms with Crippen LogP contribution in [0.5, 0.6) is 5.75 Å². The summed E-state index contributed by atoms with van der Waals surface area (Å²) in [5, 5.41) is 9.04. The molecule has 1 aliphatic carbocycles. The summed E-state index contributed by atoms with van der Waals surface area (Å²) >= 11 is 0. The van der Waals surface area contributed by atoms with Gasteiger partial charge in [-0.25, -0.2) is 0 Å². The zero-order valence-electron chi connectivity index (χ0n) is 10.6. The number of carboxylic acid groups (broad SMARTS) is 1. The Morgan fingerprint density at radius 3 is 2.45 bits per heavy atom. The first kappa shape index (κ1) is 14.1. The summed E-state index contributed by atoms with van der Waals surface area (Å²) in [6, 6.07) is 8.86. The lowest BCUT2D eigenvalue weighted by atomic mass is 9.94. The normalized spacial score (nSPS) is 18.1. The number of ether oxygens (including phenoxy) is 1. The van der Waals surface area contributed by atoms with Gasteiger partial charge in [0.25, 0.3) is 0 Å². The fourth-order valence-electron chi connectivity index (χ4n) is 1.90.